The summed E-state index contributed by atoms with van der Waals surface area (Å²) < 4.78 is 0. The first-order valence-corrected chi connectivity index (χ1v) is 7.42. The molecule has 2 atom stereocenters. The van der Waals surface area contributed by atoms with Crippen molar-refractivity contribution in [2.45, 2.75) is 44.8 Å². The first kappa shape index (κ1) is 15.0. The molecule has 0 spiro atoms. The molecule has 1 amide bonds. The predicted molar refractivity (Wildman–Crippen MR) is 80.6 cm³/mol. The minimum atomic E-state index is -0.308. The molecule has 1 aromatic rings. The molecule has 2 unspecified atom stereocenters. The molecule has 1 aliphatic rings. The van der Waals surface area contributed by atoms with Gasteiger partial charge in [-0.2, -0.15) is 0 Å². The Bertz CT molecular complexity index is 420. The quantitative estimate of drug-likeness (QED) is 0.867. The third-order valence-corrected chi connectivity index (χ3v) is 3.77. The van der Waals surface area contributed by atoms with Crippen molar-refractivity contribution in [1.82, 2.24) is 4.90 Å². The molecule has 0 radical (unpaired) electrons. The van der Waals surface area contributed by atoms with Crippen molar-refractivity contribution in [3.8, 4) is 0 Å². The number of amides is 1. The van der Waals surface area contributed by atoms with Gasteiger partial charge >= 0.3 is 0 Å². The maximum atomic E-state index is 12.1. The molecule has 2 rings (SSSR count). The zero-order valence-corrected chi connectivity index (χ0v) is 12.1. The van der Waals surface area contributed by atoms with Crippen molar-refractivity contribution in [3.05, 3.63) is 30.3 Å². The van der Waals surface area contributed by atoms with E-state index in [0.29, 0.717) is 12.6 Å². The fourth-order valence-corrected chi connectivity index (χ4v) is 2.84. The van der Waals surface area contributed by atoms with Crippen LogP contribution >= 0.6 is 0 Å². The lowest BCUT2D eigenvalue weighted by Gasteiger charge is -2.35. The van der Waals surface area contributed by atoms with Gasteiger partial charge in [0.05, 0.1) is 12.6 Å². The van der Waals surface area contributed by atoms with Crippen molar-refractivity contribution in [1.29, 1.82) is 0 Å². The lowest BCUT2D eigenvalue weighted by Crippen LogP contribution is -2.45. The van der Waals surface area contributed by atoms with Crippen molar-refractivity contribution >= 4 is 11.6 Å². The van der Waals surface area contributed by atoms with Gasteiger partial charge < -0.3 is 10.4 Å². The largest absolute Gasteiger partial charge is 0.393 e. The summed E-state index contributed by atoms with van der Waals surface area (Å²) >= 11 is 0. The van der Waals surface area contributed by atoms with E-state index in [1.165, 1.54) is 6.42 Å². The third kappa shape index (κ3) is 4.62. The molecule has 0 aliphatic carbocycles. The molecular weight excluding hydrogens is 252 g/mol. The van der Waals surface area contributed by atoms with Crippen molar-refractivity contribution < 1.29 is 9.90 Å². The molecule has 110 valence electrons. The Morgan fingerprint density at radius 2 is 2.15 bits per heavy atom. The molecule has 0 saturated carbocycles. The SMILES string of the molecule is CC(O)CC1CCCCN1CC(=O)Nc1ccccc1. The Labute approximate surface area is 120 Å². The Hall–Kier alpha value is -1.39. The van der Waals surface area contributed by atoms with Gasteiger partial charge in [0.1, 0.15) is 0 Å². The van der Waals surface area contributed by atoms with Gasteiger partial charge in [-0.1, -0.05) is 24.6 Å². The van der Waals surface area contributed by atoms with Crippen LogP contribution in [-0.4, -0.2) is 41.1 Å². The highest BCUT2D eigenvalue weighted by Crippen LogP contribution is 2.20. The fraction of sp³-hybridized carbons (Fsp3) is 0.562. The van der Waals surface area contributed by atoms with Crippen LogP contribution in [0.2, 0.25) is 0 Å². The molecule has 0 aromatic heterocycles. The van der Waals surface area contributed by atoms with Crippen LogP contribution in [0.5, 0.6) is 0 Å². The average Bonchev–Trinajstić information content (AvgIpc) is 2.41. The highest BCUT2D eigenvalue weighted by Gasteiger charge is 2.25. The summed E-state index contributed by atoms with van der Waals surface area (Å²) in [6, 6.07) is 9.85. The van der Waals surface area contributed by atoms with Gasteiger partial charge in [0.25, 0.3) is 0 Å². The second kappa shape index (κ2) is 7.41. The van der Waals surface area contributed by atoms with Crippen molar-refractivity contribution in [2.24, 2.45) is 0 Å². The molecule has 4 nitrogen and oxygen atoms in total. The number of piperidine rings is 1. The number of rotatable bonds is 5. The number of para-hydroxylation sites is 1. The monoisotopic (exact) mass is 276 g/mol. The Morgan fingerprint density at radius 1 is 1.40 bits per heavy atom. The molecule has 0 bridgehead atoms. The predicted octanol–water partition coefficient (Wildman–Crippen LogP) is 2.25. The number of hydrogen-bond donors (Lipinski definition) is 2. The van der Waals surface area contributed by atoms with E-state index >= 15 is 0 Å². The van der Waals surface area contributed by atoms with Gasteiger partial charge in [0.15, 0.2) is 0 Å². The van der Waals surface area contributed by atoms with Crippen LogP contribution < -0.4 is 5.32 Å². The van der Waals surface area contributed by atoms with E-state index in [9.17, 15) is 9.90 Å². The molecular formula is C16H24N2O2. The first-order chi connectivity index (χ1) is 9.65. The van der Waals surface area contributed by atoms with Gasteiger partial charge in [-0.15, -0.1) is 0 Å². The van der Waals surface area contributed by atoms with Crippen LogP contribution in [-0.2, 0) is 4.79 Å². The molecule has 2 N–H and O–H groups in total. The van der Waals surface area contributed by atoms with Crippen molar-refractivity contribution in [3.63, 3.8) is 0 Å². The Kier molecular flexibility index (Phi) is 5.56. The maximum absolute atomic E-state index is 12.1. The van der Waals surface area contributed by atoms with Crippen LogP contribution in [0.3, 0.4) is 0 Å². The number of anilines is 1. The molecule has 1 aromatic carbocycles. The fourth-order valence-electron chi connectivity index (χ4n) is 2.84. The summed E-state index contributed by atoms with van der Waals surface area (Å²) in [7, 11) is 0. The van der Waals surface area contributed by atoms with E-state index in [1.54, 1.807) is 0 Å². The van der Waals surface area contributed by atoms with Gasteiger partial charge in [-0.25, -0.2) is 0 Å². The third-order valence-electron chi connectivity index (χ3n) is 3.77. The normalized spacial score (nSPS) is 21.4. The smallest absolute Gasteiger partial charge is 0.238 e. The van der Waals surface area contributed by atoms with E-state index < -0.39 is 0 Å². The number of nitrogens with zero attached hydrogens (tertiary/aromatic N) is 1. The minimum absolute atomic E-state index is 0.0219. The number of benzene rings is 1. The Balaban J connectivity index is 1.88. The van der Waals surface area contributed by atoms with E-state index in [0.717, 1.165) is 31.5 Å². The molecule has 20 heavy (non-hydrogen) atoms. The van der Waals surface area contributed by atoms with Gasteiger partial charge in [0, 0.05) is 11.7 Å². The number of carbonyl (C=O) groups is 1. The highest BCUT2D eigenvalue weighted by molar-refractivity contribution is 5.92. The molecule has 1 aliphatic heterocycles. The summed E-state index contributed by atoms with van der Waals surface area (Å²) in [5.41, 5.74) is 0.835. The number of likely N-dealkylation sites (tertiary alicyclic amines) is 1. The van der Waals surface area contributed by atoms with Gasteiger partial charge in [-0.3, -0.25) is 9.69 Å². The van der Waals surface area contributed by atoms with Crippen LogP contribution in [0.15, 0.2) is 30.3 Å². The van der Waals surface area contributed by atoms with Crippen LogP contribution in [0, 0.1) is 0 Å². The second-order valence-corrected chi connectivity index (χ2v) is 5.62. The highest BCUT2D eigenvalue weighted by atomic mass is 16.3. The average molecular weight is 276 g/mol. The van der Waals surface area contributed by atoms with E-state index in [2.05, 4.69) is 10.2 Å². The lowest BCUT2D eigenvalue weighted by molar-refractivity contribution is -0.118. The zero-order chi connectivity index (χ0) is 14.4. The summed E-state index contributed by atoms with van der Waals surface area (Å²) in [6.07, 6.45) is 3.84. The van der Waals surface area contributed by atoms with Crippen LogP contribution in [0.1, 0.15) is 32.6 Å². The number of aliphatic hydroxyl groups is 1. The molecule has 1 saturated heterocycles. The van der Waals surface area contributed by atoms with E-state index in [1.807, 2.05) is 37.3 Å². The minimum Gasteiger partial charge on any atom is -0.393 e. The number of carbonyl (C=O) groups excluding carboxylic acids is 1. The van der Waals surface area contributed by atoms with Crippen molar-refractivity contribution in [2.75, 3.05) is 18.4 Å². The number of nitrogens with one attached hydrogen (secondary N) is 1. The van der Waals surface area contributed by atoms with Gasteiger partial charge in [-0.05, 0) is 44.9 Å². The van der Waals surface area contributed by atoms with E-state index in [4.69, 9.17) is 0 Å². The second-order valence-electron chi connectivity index (χ2n) is 5.62. The molecule has 1 fully saturated rings. The molecule has 4 heteroatoms. The lowest BCUT2D eigenvalue weighted by atomic mass is 9.97. The summed E-state index contributed by atoms with van der Waals surface area (Å²) in [5.74, 6) is 0.0219. The van der Waals surface area contributed by atoms with Gasteiger partial charge in [0.2, 0.25) is 5.91 Å². The maximum Gasteiger partial charge on any atom is 0.238 e. The number of hydrogen-bond acceptors (Lipinski definition) is 3. The first-order valence-electron chi connectivity index (χ1n) is 7.42. The Morgan fingerprint density at radius 3 is 2.85 bits per heavy atom. The van der Waals surface area contributed by atoms with Crippen LogP contribution in [0.4, 0.5) is 5.69 Å². The van der Waals surface area contributed by atoms with E-state index in [-0.39, 0.29) is 12.0 Å². The number of aliphatic hydroxyl groups excluding tert-OH is 1. The molecule has 1 heterocycles. The van der Waals surface area contributed by atoms with Crippen LogP contribution in [0.25, 0.3) is 0 Å². The standard InChI is InChI=1S/C16H24N2O2/c1-13(19)11-15-9-5-6-10-18(15)12-16(20)17-14-7-3-2-4-8-14/h2-4,7-8,13,15,19H,5-6,9-12H2,1H3,(H,17,20). The summed E-state index contributed by atoms with van der Waals surface area (Å²) in [6.45, 7) is 3.17. The summed E-state index contributed by atoms with van der Waals surface area (Å²) in [4.78, 5) is 14.3. The topological polar surface area (TPSA) is 52.6 Å². The summed E-state index contributed by atoms with van der Waals surface area (Å²) in [5, 5.41) is 12.5. The zero-order valence-electron chi connectivity index (χ0n) is 12.1.